The molecule has 0 bridgehead atoms. The van der Waals surface area contributed by atoms with Crippen LogP contribution in [-0.2, 0) is 0 Å². The predicted octanol–water partition coefficient (Wildman–Crippen LogP) is 1.91. The number of hydrogen-bond donors (Lipinski definition) is 1. The van der Waals surface area contributed by atoms with Gasteiger partial charge in [0.2, 0.25) is 0 Å². The number of nitrogens with one attached hydrogen (secondary N) is 1. The van der Waals surface area contributed by atoms with Crippen LogP contribution in [0.5, 0.6) is 0 Å². The Kier molecular flexibility index (Phi) is 2.79. The minimum atomic E-state index is -1.08. The summed E-state index contributed by atoms with van der Waals surface area (Å²) in [5, 5.41) is 11.2. The summed E-state index contributed by atoms with van der Waals surface area (Å²) in [5.41, 5.74) is 3.03. The van der Waals surface area contributed by atoms with Gasteiger partial charge in [-0.3, -0.25) is 5.43 Å². The molecular formula is C8H6FN3. The monoisotopic (exact) mass is 163 g/mol. The van der Waals surface area contributed by atoms with Crippen LogP contribution in [0.3, 0.4) is 0 Å². The second kappa shape index (κ2) is 4.09. The summed E-state index contributed by atoms with van der Waals surface area (Å²) in [6.45, 7) is 0. The van der Waals surface area contributed by atoms with Crippen molar-refractivity contribution in [3.8, 4) is 6.07 Å². The first-order valence-corrected chi connectivity index (χ1v) is 3.27. The standard InChI is InChI=1S/C8H6FN3/c9-8(6-10)12-11-7-4-2-1-3-5-7/h1-5,11H. The maximum atomic E-state index is 12.1. The summed E-state index contributed by atoms with van der Waals surface area (Å²) in [4.78, 5) is 0. The topological polar surface area (TPSA) is 48.2 Å². The van der Waals surface area contributed by atoms with Crippen molar-refractivity contribution in [2.24, 2.45) is 5.10 Å². The Hall–Kier alpha value is -1.89. The molecule has 0 saturated heterocycles. The van der Waals surface area contributed by atoms with Gasteiger partial charge < -0.3 is 0 Å². The van der Waals surface area contributed by atoms with Gasteiger partial charge in [0.05, 0.1) is 5.69 Å². The van der Waals surface area contributed by atoms with E-state index in [2.05, 4.69) is 10.5 Å². The van der Waals surface area contributed by atoms with E-state index < -0.39 is 5.97 Å². The average Bonchev–Trinajstić information content (AvgIpc) is 2.16. The number of para-hydroxylation sites is 1. The van der Waals surface area contributed by atoms with Gasteiger partial charge in [0, 0.05) is 0 Å². The highest BCUT2D eigenvalue weighted by Gasteiger charge is 1.90. The summed E-state index contributed by atoms with van der Waals surface area (Å²) in [6.07, 6.45) is 0. The smallest absolute Gasteiger partial charge is 0.275 e. The lowest BCUT2D eigenvalue weighted by molar-refractivity contribution is 0.811. The fourth-order valence-electron chi connectivity index (χ4n) is 0.651. The molecule has 1 aromatic carbocycles. The van der Waals surface area contributed by atoms with Crippen molar-refractivity contribution in [3.05, 3.63) is 30.3 Å². The number of rotatable bonds is 2. The molecule has 1 N–H and O–H groups in total. The zero-order valence-corrected chi connectivity index (χ0v) is 6.16. The van der Waals surface area contributed by atoms with Crippen molar-refractivity contribution in [1.82, 2.24) is 0 Å². The van der Waals surface area contributed by atoms with Crippen molar-refractivity contribution in [2.75, 3.05) is 5.43 Å². The van der Waals surface area contributed by atoms with E-state index in [-0.39, 0.29) is 0 Å². The molecule has 60 valence electrons. The Morgan fingerprint density at radius 2 is 2.08 bits per heavy atom. The van der Waals surface area contributed by atoms with E-state index in [4.69, 9.17) is 5.26 Å². The van der Waals surface area contributed by atoms with Gasteiger partial charge in [0.1, 0.15) is 0 Å². The van der Waals surface area contributed by atoms with Gasteiger partial charge in [-0.15, -0.1) is 5.10 Å². The second-order valence-corrected chi connectivity index (χ2v) is 1.99. The predicted molar refractivity (Wildman–Crippen MR) is 44.2 cm³/mol. The van der Waals surface area contributed by atoms with Crippen LogP contribution in [0.25, 0.3) is 0 Å². The van der Waals surface area contributed by atoms with Crippen LogP contribution in [-0.4, -0.2) is 5.97 Å². The summed E-state index contributed by atoms with van der Waals surface area (Å²) >= 11 is 0. The maximum absolute atomic E-state index is 12.1. The molecule has 0 aliphatic carbocycles. The van der Waals surface area contributed by atoms with E-state index in [0.29, 0.717) is 5.69 Å². The zero-order chi connectivity index (χ0) is 8.81. The SMILES string of the molecule is N#CC(F)=NNc1ccccc1. The van der Waals surface area contributed by atoms with Gasteiger partial charge in [0.25, 0.3) is 0 Å². The van der Waals surface area contributed by atoms with Crippen LogP contribution in [0.1, 0.15) is 0 Å². The summed E-state index contributed by atoms with van der Waals surface area (Å²) in [5.74, 6) is -1.08. The summed E-state index contributed by atoms with van der Waals surface area (Å²) < 4.78 is 12.1. The van der Waals surface area contributed by atoms with Gasteiger partial charge >= 0.3 is 5.97 Å². The van der Waals surface area contributed by atoms with Crippen molar-refractivity contribution < 1.29 is 4.39 Å². The largest absolute Gasteiger partial charge is 0.307 e. The van der Waals surface area contributed by atoms with Gasteiger partial charge in [-0.05, 0) is 12.1 Å². The average molecular weight is 163 g/mol. The number of anilines is 1. The van der Waals surface area contributed by atoms with Gasteiger partial charge in [0.15, 0.2) is 6.07 Å². The van der Waals surface area contributed by atoms with E-state index in [9.17, 15) is 4.39 Å². The van der Waals surface area contributed by atoms with Gasteiger partial charge in [-0.2, -0.15) is 9.65 Å². The number of halogens is 1. The van der Waals surface area contributed by atoms with E-state index in [0.717, 1.165) is 0 Å². The Balaban J connectivity index is 2.61. The van der Waals surface area contributed by atoms with Crippen molar-refractivity contribution in [2.45, 2.75) is 0 Å². The molecule has 0 aliphatic rings. The highest BCUT2D eigenvalue weighted by molar-refractivity contribution is 5.90. The minimum absolute atomic E-state index is 0.642. The van der Waals surface area contributed by atoms with Crippen LogP contribution in [0, 0.1) is 11.3 Å². The third-order valence-electron chi connectivity index (χ3n) is 1.15. The number of benzene rings is 1. The van der Waals surface area contributed by atoms with Gasteiger partial charge in [-0.1, -0.05) is 18.2 Å². The normalized spacial score (nSPS) is 10.5. The number of hydrazone groups is 1. The van der Waals surface area contributed by atoms with E-state index >= 15 is 0 Å². The quantitative estimate of drug-likeness (QED) is 0.534. The molecule has 0 fully saturated rings. The summed E-state index contributed by atoms with van der Waals surface area (Å²) in [6, 6.07) is 10.1. The van der Waals surface area contributed by atoms with E-state index in [1.54, 1.807) is 24.3 Å². The number of hydrogen-bond acceptors (Lipinski definition) is 3. The van der Waals surface area contributed by atoms with Crippen molar-refractivity contribution in [3.63, 3.8) is 0 Å². The first-order chi connectivity index (χ1) is 5.83. The zero-order valence-electron chi connectivity index (χ0n) is 6.16. The van der Waals surface area contributed by atoms with Crippen LogP contribution in [0.2, 0.25) is 0 Å². The molecule has 0 atom stereocenters. The van der Waals surface area contributed by atoms with Crippen LogP contribution in [0.4, 0.5) is 10.1 Å². The Morgan fingerprint density at radius 1 is 1.42 bits per heavy atom. The van der Waals surface area contributed by atoms with Crippen molar-refractivity contribution >= 4 is 11.7 Å². The minimum Gasteiger partial charge on any atom is -0.275 e. The molecule has 1 aromatic rings. The molecule has 0 unspecified atom stereocenters. The molecular weight excluding hydrogens is 157 g/mol. The molecule has 3 nitrogen and oxygen atoms in total. The Bertz CT molecular complexity index is 313. The number of nitriles is 1. The molecule has 0 spiro atoms. The molecule has 0 radical (unpaired) electrons. The molecule has 0 saturated carbocycles. The number of nitrogens with zero attached hydrogens (tertiary/aromatic N) is 2. The fraction of sp³-hybridized carbons (Fsp3) is 0. The van der Waals surface area contributed by atoms with Crippen LogP contribution < -0.4 is 5.43 Å². The van der Waals surface area contributed by atoms with E-state index in [1.165, 1.54) is 6.07 Å². The fourth-order valence-corrected chi connectivity index (χ4v) is 0.651. The molecule has 0 aliphatic heterocycles. The van der Waals surface area contributed by atoms with Crippen LogP contribution >= 0.6 is 0 Å². The maximum Gasteiger partial charge on any atom is 0.307 e. The lowest BCUT2D eigenvalue weighted by Gasteiger charge is -1.96. The second-order valence-electron chi connectivity index (χ2n) is 1.99. The lowest BCUT2D eigenvalue weighted by atomic mass is 10.3. The third kappa shape index (κ3) is 2.39. The first-order valence-electron chi connectivity index (χ1n) is 3.27. The highest BCUT2D eigenvalue weighted by atomic mass is 19.1. The first kappa shape index (κ1) is 8.21. The van der Waals surface area contributed by atoms with E-state index in [1.807, 2.05) is 6.07 Å². The van der Waals surface area contributed by atoms with Gasteiger partial charge in [-0.25, -0.2) is 0 Å². The molecule has 1 rings (SSSR count). The molecule has 0 aromatic heterocycles. The molecule has 0 heterocycles. The third-order valence-corrected chi connectivity index (χ3v) is 1.15. The summed E-state index contributed by atoms with van der Waals surface area (Å²) in [7, 11) is 0. The highest BCUT2D eigenvalue weighted by Crippen LogP contribution is 2.04. The lowest BCUT2D eigenvalue weighted by Crippen LogP contribution is -1.92. The molecule has 4 heteroatoms. The Morgan fingerprint density at radius 3 is 2.67 bits per heavy atom. The van der Waals surface area contributed by atoms with Crippen LogP contribution in [0.15, 0.2) is 35.4 Å². The van der Waals surface area contributed by atoms with Crippen molar-refractivity contribution in [1.29, 1.82) is 5.26 Å². The Labute approximate surface area is 69.1 Å². The molecule has 12 heavy (non-hydrogen) atoms. The molecule has 0 amide bonds.